The van der Waals surface area contributed by atoms with Crippen LogP contribution in [0.5, 0.6) is 0 Å². The Balaban J connectivity index is 1.06. The Kier molecular flexibility index (Phi) is 5.77. The highest BCUT2D eigenvalue weighted by Gasteiger charge is 2.29. The van der Waals surface area contributed by atoms with Crippen molar-refractivity contribution >= 4 is 34.9 Å². The second-order valence-corrected chi connectivity index (χ2v) is 9.05. The number of hydrogen-bond acceptors (Lipinski definition) is 5. The molecule has 0 fully saturated rings. The van der Waals surface area contributed by atoms with Crippen LogP contribution in [0.3, 0.4) is 0 Å². The van der Waals surface area contributed by atoms with Crippen molar-refractivity contribution in [1.82, 2.24) is 5.32 Å². The SMILES string of the molecule is O=C(NCCC=Cc1ccc2c3c(cccc13)C(=O)OC2=O)OCC1c2ccccc2-c2ccccc21. The summed E-state index contributed by atoms with van der Waals surface area (Å²) in [5.74, 6) is -1.23. The molecular weight excluding hydrogens is 466 g/mol. The summed E-state index contributed by atoms with van der Waals surface area (Å²) in [4.78, 5) is 36.6. The lowest BCUT2D eigenvalue weighted by atomic mass is 9.93. The molecule has 4 aromatic rings. The van der Waals surface area contributed by atoms with Crippen molar-refractivity contribution in [3.63, 3.8) is 0 Å². The molecule has 0 saturated carbocycles. The number of hydrogen-bond donors (Lipinski definition) is 1. The molecule has 6 nitrogen and oxygen atoms in total. The van der Waals surface area contributed by atoms with E-state index >= 15 is 0 Å². The minimum atomic E-state index is -0.628. The molecule has 6 rings (SSSR count). The third-order valence-electron chi connectivity index (χ3n) is 6.92. The fourth-order valence-electron chi connectivity index (χ4n) is 5.23. The molecule has 4 aromatic carbocycles. The Hall–Kier alpha value is -4.71. The molecule has 1 aliphatic carbocycles. The van der Waals surface area contributed by atoms with Gasteiger partial charge in [-0.3, -0.25) is 0 Å². The summed E-state index contributed by atoms with van der Waals surface area (Å²) in [5.41, 5.74) is 6.39. The maximum absolute atomic E-state index is 12.4. The van der Waals surface area contributed by atoms with Gasteiger partial charge < -0.3 is 14.8 Å². The highest BCUT2D eigenvalue weighted by molar-refractivity contribution is 6.21. The first kappa shape index (κ1) is 22.7. The minimum absolute atomic E-state index is 0.0233. The number of alkyl carbamates (subject to hydrolysis) is 1. The van der Waals surface area contributed by atoms with E-state index in [0.29, 0.717) is 29.5 Å². The number of carbonyl (C=O) groups is 3. The molecule has 0 unspecified atom stereocenters. The van der Waals surface area contributed by atoms with Gasteiger partial charge in [-0.1, -0.05) is 78.9 Å². The highest BCUT2D eigenvalue weighted by atomic mass is 16.6. The van der Waals surface area contributed by atoms with Gasteiger partial charge in [0, 0.05) is 17.8 Å². The van der Waals surface area contributed by atoms with E-state index in [4.69, 9.17) is 9.47 Å². The number of benzene rings is 4. The van der Waals surface area contributed by atoms with Crippen LogP contribution in [0.25, 0.3) is 28.0 Å². The molecule has 1 heterocycles. The Bertz CT molecular complexity index is 1540. The zero-order valence-corrected chi connectivity index (χ0v) is 19.9. The first-order valence-corrected chi connectivity index (χ1v) is 12.2. The largest absolute Gasteiger partial charge is 0.449 e. The number of cyclic esters (lactones) is 2. The van der Waals surface area contributed by atoms with Gasteiger partial charge in [-0.15, -0.1) is 0 Å². The first-order chi connectivity index (χ1) is 18.1. The summed E-state index contributed by atoms with van der Waals surface area (Å²) in [6.07, 6.45) is 4.01. The number of fused-ring (bicyclic) bond motifs is 3. The quantitative estimate of drug-likeness (QED) is 0.201. The number of ether oxygens (including phenoxy) is 2. The molecule has 1 aliphatic heterocycles. The van der Waals surface area contributed by atoms with E-state index in [-0.39, 0.29) is 12.5 Å². The molecule has 0 saturated heterocycles. The van der Waals surface area contributed by atoms with Crippen molar-refractivity contribution in [3.8, 4) is 11.1 Å². The normalized spacial score (nSPS) is 13.9. The summed E-state index contributed by atoms with van der Waals surface area (Å²) in [7, 11) is 0. The van der Waals surface area contributed by atoms with Gasteiger partial charge >= 0.3 is 18.0 Å². The third kappa shape index (κ3) is 4.06. The Labute approximate surface area is 213 Å². The molecule has 182 valence electrons. The van der Waals surface area contributed by atoms with Crippen LogP contribution in [0.2, 0.25) is 0 Å². The van der Waals surface area contributed by atoms with E-state index in [9.17, 15) is 14.4 Å². The van der Waals surface area contributed by atoms with E-state index in [2.05, 4.69) is 29.6 Å². The standard InChI is InChI=1S/C31H23NO5/c33-29-25-14-7-13-20-19(15-16-26(28(20)25)30(34)37-29)8-5-6-17-32-31(35)36-18-27-23-11-3-1-9-21(23)22-10-2-4-12-24(22)27/h1-5,7-16,27H,6,17-18H2,(H,32,35). The molecule has 37 heavy (non-hydrogen) atoms. The zero-order valence-electron chi connectivity index (χ0n) is 19.9. The molecule has 0 aromatic heterocycles. The molecule has 0 radical (unpaired) electrons. The summed E-state index contributed by atoms with van der Waals surface area (Å²) in [5, 5.41) is 4.23. The molecular formula is C31H23NO5. The first-order valence-electron chi connectivity index (χ1n) is 12.2. The fraction of sp³-hybridized carbons (Fsp3) is 0.129. The number of carbonyl (C=O) groups excluding carboxylic acids is 3. The minimum Gasteiger partial charge on any atom is -0.449 e. The molecule has 0 bridgehead atoms. The Morgan fingerprint density at radius 2 is 1.46 bits per heavy atom. The Morgan fingerprint density at radius 1 is 0.811 bits per heavy atom. The van der Waals surface area contributed by atoms with Crippen molar-refractivity contribution in [1.29, 1.82) is 0 Å². The fourth-order valence-corrected chi connectivity index (χ4v) is 5.23. The van der Waals surface area contributed by atoms with Crippen LogP contribution in [0.15, 0.2) is 84.9 Å². The number of nitrogens with one attached hydrogen (secondary N) is 1. The molecule has 1 N–H and O–H groups in total. The number of rotatable bonds is 6. The number of amides is 1. The van der Waals surface area contributed by atoms with Crippen LogP contribution in [0.1, 0.15) is 49.7 Å². The lowest BCUT2D eigenvalue weighted by Gasteiger charge is -2.16. The van der Waals surface area contributed by atoms with Crippen LogP contribution in [-0.2, 0) is 9.47 Å². The van der Waals surface area contributed by atoms with Gasteiger partial charge in [0.2, 0.25) is 0 Å². The maximum Gasteiger partial charge on any atom is 0.407 e. The summed E-state index contributed by atoms with van der Waals surface area (Å²) in [6.45, 7) is 0.691. The molecule has 1 amide bonds. The van der Waals surface area contributed by atoms with Crippen LogP contribution < -0.4 is 5.32 Å². The van der Waals surface area contributed by atoms with E-state index in [0.717, 1.165) is 10.9 Å². The molecule has 6 heteroatoms. The van der Waals surface area contributed by atoms with Gasteiger partial charge in [0.05, 0.1) is 11.1 Å². The van der Waals surface area contributed by atoms with Crippen LogP contribution in [-0.4, -0.2) is 31.2 Å². The molecule has 0 atom stereocenters. The van der Waals surface area contributed by atoms with Gasteiger partial charge in [0.25, 0.3) is 0 Å². The molecule has 2 aliphatic rings. The second-order valence-electron chi connectivity index (χ2n) is 9.05. The van der Waals surface area contributed by atoms with Gasteiger partial charge in [-0.05, 0) is 51.8 Å². The smallest absolute Gasteiger partial charge is 0.407 e. The van der Waals surface area contributed by atoms with Crippen molar-refractivity contribution in [2.24, 2.45) is 0 Å². The average Bonchev–Trinajstić information content (AvgIpc) is 3.24. The van der Waals surface area contributed by atoms with Gasteiger partial charge in [-0.25, -0.2) is 14.4 Å². The van der Waals surface area contributed by atoms with Crippen LogP contribution in [0, 0.1) is 0 Å². The van der Waals surface area contributed by atoms with E-state index in [1.54, 1.807) is 18.2 Å². The van der Waals surface area contributed by atoms with E-state index < -0.39 is 18.0 Å². The van der Waals surface area contributed by atoms with Crippen molar-refractivity contribution in [2.45, 2.75) is 12.3 Å². The highest BCUT2D eigenvalue weighted by Crippen LogP contribution is 2.44. The average molecular weight is 490 g/mol. The van der Waals surface area contributed by atoms with Crippen LogP contribution >= 0.6 is 0 Å². The zero-order chi connectivity index (χ0) is 25.4. The maximum atomic E-state index is 12.4. The van der Waals surface area contributed by atoms with Gasteiger partial charge in [-0.2, -0.15) is 0 Å². The lowest BCUT2D eigenvalue weighted by Crippen LogP contribution is -2.26. The van der Waals surface area contributed by atoms with Crippen molar-refractivity contribution < 1.29 is 23.9 Å². The van der Waals surface area contributed by atoms with Crippen molar-refractivity contribution in [3.05, 3.63) is 113 Å². The Morgan fingerprint density at radius 3 is 2.19 bits per heavy atom. The predicted molar refractivity (Wildman–Crippen MR) is 140 cm³/mol. The molecule has 0 spiro atoms. The van der Waals surface area contributed by atoms with Gasteiger partial charge in [0.1, 0.15) is 6.61 Å². The second kappa shape index (κ2) is 9.39. The third-order valence-corrected chi connectivity index (χ3v) is 6.92. The summed E-state index contributed by atoms with van der Waals surface area (Å²) >= 11 is 0. The van der Waals surface area contributed by atoms with Gasteiger partial charge in [0.15, 0.2) is 0 Å². The summed E-state index contributed by atoms with van der Waals surface area (Å²) in [6, 6.07) is 25.3. The monoisotopic (exact) mass is 489 g/mol. The van der Waals surface area contributed by atoms with Crippen molar-refractivity contribution in [2.75, 3.05) is 13.2 Å². The topological polar surface area (TPSA) is 81.7 Å². The van der Waals surface area contributed by atoms with E-state index in [1.807, 2.05) is 48.6 Å². The van der Waals surface area contributed by atoms with E-state index in [1.165, 1.54) is 22.3 Å². The lowest BCUT2D eigenvalue weighted by molar-refractivity contribution is 0.0391. The number of esters is 2. The summed E-state index contributed by atoms with van der Waals surface area (Å²) < 4.78 is 10.4. The predicted octanol–water partition coefficient (Wildman–Crippen LogP) is 6.09. The van der Waals surface area contributed by atoms with Crippen LogP contribution in [0.4, 0.5) is 4.79 Å².